The fraction of sp³-hybridized carbons (Fsp3) is 0.214. The van der Waals surface area contributed by atoms with Crippen LogP contribution in [0.25, 0.3) is 0 Å². The SMILES string of the molecule is C/C=C\C(=C/C(C)=O)Oc1ccc(C)cc1. The van der Waals surface area contributed by atoms with Crippen LogP contribution in [0, 0.1) is 6.92 Å². The Morgan fingerprint density at radius 3 is 2.38 bits per heavy atom. The normalized spacial score (nSPS) is 11.8. The lowest BCUT2D eigenvalue weighted by Crippen LogP contribution is -1.95. The average Bonchev–Trinajstić information content (AvgIpc) is 2.21. The molecule has 0 amide bonds. The molecule has 84 valence electrons. The highest BCUT2D eigenvalue weighted by Crippen LogP contribution is 2.15. The quantitative estimate of drug-likeness (QED) is 0.438. The predicted molar refractivity (Wildman–Crippen MR) is 65.4 cm³/mol. The van der Waals surface area contributed by atoms with Gasteiger partial charge in [0.05, 0.1) is 0 Å². The summed E-state index contributed by atoms with van der Waals surface area (Å²) in [5, 5.41) is 0. The lowest BCUT2D eigenvalue weighted by Gasteiger charge is -2.06. The Morgan fingerprint density at radius 2 is 1.88 bits per heavy atom. The Kier molecular flexibility index (Phi) is 4.52. The number of carbonyl (C=O) groups is 1. The van der Waals surface area contributed by atoms with Gasteiger partial charge >= 0.3 is 0 Å². The molecule has 0 aromatic heterocycles. The highest BCUT2D eigenvalue weighted by atomic mass is 16.5. The van der Waals surface area contributed by atoms with E-state index in [2.05, 4.69) is 0 Å². The van der Waals surface area contributed by atoms with Crippen LogP contribution < -0.4 is 4.74 Å². The number of hydrogen-bond acceptors (Lipinski definition) is 2. The zero-order chi connectivity index (χ0) is 12.0. The Bertz CT molecular complexity index is 411. The van der Waals surface area contributed by atoms with Crippen molar-refractivity contribution in [3.05, 3.63) is 53.8 Å². The molecular weight excluding hydrogens is 200 g/mol. The van der Waals surface area contributed by atoms with Crippen LogP contribution >= 0.6 is 0 Å². The topological polar surface area (TPSA) is 26.3 Å². The Labute approximate surface area is 96.2 Å². The molecule has 0 aliphatic carbocycles. The van der Waals surface area contributed by atoms with Crippen LogP contribution in [0.2, 0.25) is 0 Å². The minimum absolute atomic E-state index is 0.0276. The third kappa shape index (κ3) is 4.13. The molecule has 0 N–H and O–H groups in total. The molecule has 2 nitrogen and oxygen atoms in total. The molecule has 0 saturated heterocycles. The van der Waals surface area contributed by atoms with Crippen molar-refractivity contribution in [2.75, 3.05) is 0 Å². The second-order valence-corrected chi connectivity index (χ2v) is 3.57. The maximum atomic E-state index is 11.0. The van der Waals surface area contributed by atoms with Gasteiger partial charge in [0.1, 0.15) is 11.5 Å². The van der Waals surface area contributed by atoms with Gasteiger partial charge in [0.2, 0.25) is 0 Å². The van der Waals surface area contributed by atoms with E-state index in [0.717, 1.165) is 5.75 Å². The molecule has 0 radical (unpaired) electrons. The summed E-state index contributed by atoms with van der Waals surface area (Å²) in [6.07, 6.45) is 5.07. The fourth-order valence-corrected chi connectivity index (χ4v) is 1.22. The third-order valence-corrected chi connectivity index (χ3v) is 1.93. The molecule has 1 rings (SSSR count). The molecule has 16 heavy (non-hydrogen) atoms. The summed E-state index contributed by atoms with van der Waals surface area (Å²) in [6.45, 7) is 5.40. The Hall–Kier alpha value is -1.83. The first-order valence-corrected chi connectivity index (χ1v) is 5.21. The van der Waals surface area contributed by atoms with Gasteiger partial charge in [-0.05, 0) is 39.0 Å². The van der Waals surface area contributed by atoms with E-state index >= 15 is 0 Å². The van der Waals surface area contributed by atoms with Gasteiger partial charge in [0, 0.05) is 6.08 Å². The summed E-state index contributed by atoms with van der Waals surface area (Å²) < 4.78 is 5.57. The minimum atomic E-state index is -0.0276. The molecule has 0 fully saturated rings. The summed E-state index contributed by atoms with van der Waals surface area (Å²) in [5.74, 6) is 1.26. The van der Waals surface area contributed by atoms with Gasteiger partial charge in [0.15, 0.2) is 5.78 Å². The van der Waals surface area contributed by atoms with E-state index in [1.165, 1.54) is 18.6 Å². The molecule has 1 aromatic carbocycles. The highest BCUT2D eigenvalue weighted by molar-refractivity contribution is 5.88. The molecule has 1 aromatic rings. The lowest BCUT2D eigenvalue weighted by atomic mass is 10.2. The number of ketones is 1. The van der Waals surface area contributed by atoms with Gasteiger partial charge in [-0.3, -0.25) is 4.79 Å². The highest BCUT2D eigenvalue weighted by Gasteiger charge is 1.98. The number of aryl methyl sites for hydroxylation is 1. The smallest absolute Gasteiger partial charge is 0.156 e. The van der Waals surface area contributed by atoms with Crippen LogP contribution in [-0.4, -0.2) is 5.78 Å². The van der Waals surface area contributed by atoms with E-state index in [9.17, 15) is 4.79 Å². The number of benzene rings is 1. The molecule has 0 saturated carbocycles. The van der Waals surface area contributed by atoms with Crippen molar-refractivity contribution >= 4 is 5.78 Å². The number of carbonyl (C=O) groups excluding carboxylic acids is 1. The average molecular weight is 216 g/mol. The first-order valence-electron chi connectivity index (χ1n) is 5.21. The van der Waals surface area contributed by atoms with Gasteiger partial charge < -0.3 is 4.74 Å². The van der Waals surface area contributed by atoms with E-state index in [1.54, 1.807) is 6.08 Å². The van der Waals surface area contributed by atoms with Crippen LogP contribution in [0.15, 0.2) is 48.3 Å². The number of hydrogen-bond donors (Lipinski definition) is 0. The second-order valence-electron chi connectivity index (χ2n) is 3.57. The third-order valence-electron chi connectivity index (χ3n) is 1.93. The van der Waals surface area contributed by atoms with Crippen LogP contribution in [0.4, 0.5) is 0 Å². The summed E-state index contributed by atoms with van der Waals surface area (Å²) in [4.78, 5) is 11.0. The first kappa shape index (κ1) is 12.2. The number of allylic oxidation sites excluding steroid dienone is 3. The summed E-state index contributed by atoms with van der Waals surface area (Å²) >= 11 is 0. The molecule has 0 bridgehead atoms. The Balaban J connectivity index is 2.83. The van der Waals surface area contributed by atoms with Gasteiger partial charge in [-0.25, -0.2) is 0 Å². The largest absolute Gasteiger partial charge is 0.457 e. The lowest BCUT2D eigenvalue weighted by molar-refractivity contribution is -0.112. The van der Waals surface area contributed by atoms with Crippen molar-refractivity contribution in [1.82, 2.24) is 0 Å². The molecule has 2 heteroatoms. The monoisotopic (exact) mass is 216 g/mol. The molecule has 0 heterocycles. The van der Waals surface area contributed by atoms with Gasteiger partial charge in [-0.1, -0.05) is 23.8 Å². The maximum absolute atomic E-state index is 11.0. The molecule has 0 spiro atoms. The fourth-order valence-electron chi connectivity index (χ4n) is 1.22. The molecular formula is C14H16O2. The standard InChI is InChI=1S/C14H16O2/c1-4-5-14(10-12(3)15)16-13-8-6-11(2)7-9-13/h4-10H,1-3H3/b5-4-,14-10+. The van der Waals surface area contributed by atoms with Crippen LogP contribution in [0.3, 0.4) is 0 Å². The zero-order valence-electron chi connectivity index (χ0n) is 9.86. The Morgan fingerprint density at radius 1 is 1.25 bits per heavy atom. The van der Waals surface area contributed by atoms with Crippen molar-refractivity contribution in [2.45, 2.75) is 20.8 Å². The van der Waals surface area contributed by atoms with Crippen LogP contribution in [0.5, 0.6) is 5.75 Å². The van der Waals surface area contributed by atoms with E-state index < -0.39 is 0 Å². The van der Waals surface area contributed by atoms with E-state index in [1.807, 2.05) is 44.2 Å². The van der Waals surface area contributed by atoms with Crippen LogP contribution in [0.1, 0.15) is 19.4 Å². The molecule has 0 aliphatic rings. The van der Waals surface area contributed by atoms with Crippen LogP contribution in [-0.2, 0) is 4.79 Å². The first-order chi connectivity index (χ1) is 7.61. The molecule has 0 aliphatic heterocycles. The van der Waals surface area contributed by atoms with Crippen molar-refractivity contribution in [2.24, 2.45) is 0 Å². The predicted octanol–water partition coefficient (Wildman–Crippen LogP) is 3.42. The van der Waals surface area contributed by atoms with Gasteiger partial charge in [-0.15, -0.1) is 0 Å². The van der Waals surface area contributed by atoms with Crippen molar-refractivity contribution < 1.29 is 9.53 Å². The van der Waals surface area contributed by atoms with Crippen molar-refractivity contribution in [1.29, 1.82) is 0 Å². The van der Waals surface area contributed by atoms with Crippen molar-refractivity contribution in [3.8, 4) is 5.75 Å². The van der Waals surface area contributed by atoms with E-state index in [4.69, 9.17) is 4.74 Å². The number of rotatable bonds is 4. The van der Waals surface area contributed by atoms with Gasteiger partial charge in [-0.2, -0.15) is 0 Å². The number of ether oxygens (including phenoxy) is 1. The zero-order valence-corrected chi connectivity index (χ0v) is 9.86. The maximum Gasteiger partial charge on any atom is 0.156 e. The summed E-state index contributed by atoms with van der Waals surface area (Å²) in [6, 6.07) is 7.70. The minimum Gasteiger partial charge on any atom is -0.457 e. The van der Waals surface area contributed by atoms with E-state index in [-0.39, 0.29) is 5.78 Å². The van der Waals surface area contributed by atoms with E-state index in [0.29, 0.717) is 5.76 Å². The summed E-state index contributed by atoms with van der Waals surface area (Å²) in [7, 11) is 0. The van der Waals surface area contributed by atoms with Crippen molar-refractivity contribution in [3.63, 3.8) is 0 Å². The van der Waals surface area contributed by atoms with Gasteiger partial charge in [0.25, 0.3) is 0 Å². The second kappa shape index (κ2) is 5.91. The molecule has 0 unspecified atom stereocenters. The summed E-state index contributed by atoms with van der Waals surface area (Å²) in [5.41, 5.74) is 1.18. The molecule has 0 atom stereocenters.